The summed E-state index contributed by atoms with van der Waals surface area (Å²) in [5, 5.41) is 0. The molecule has 0 aliphatic rings. The molecule has 2 N–H and O–H groups in total. The van der Waals surface area contributed by atoms with Crippen molar-refractivity contribution < 1.29 is 0 Å². The van der Waals surface area contributed by atoms with Gasteiger partial charge in [0.1, 0.15) is 0 Å². The molecule has 0 aromatic rings. The van der Waals surface area contributed by atoms with Crippen LogP contribution in [0.4, 0.5) is 0 Å². The predicted octanol–water partition coefficient (Wildman–Crippen LogP) is 2.78. The second kappa shape index (κ2) is 5.42. The van der Waals surface area contributed by atoms with E-state index in [1.807, 2.05) is 38.2 Å². The zero-order valence-corrected chi connectivity index (χ0v) is 7.88. The van der Waals surface area contributed by atoms with Crippen molar-refractivity contribution in [3.8, 4) is 0 Å². The van der Waals surface area contributed by atoms with Gasteiger partial charge < -0.3 is 5.73 Å². The van der Waals surface area contributed by atoms with Crippen molar-refractivity contribution in [1.82, 2.24) is 0 Å². The van der Waals surface area contributed by atoms with Gasteiger partial charge in [0, 0.05) is 11.6 Å². The van der Waals surface area contributed by atoms with Crippen LogP contribution >= 0.6 is 0 Å². The summed E-state index contributed by atoms with van der Waals surface area (Å²) in [5.41, 5.74) is 7.35. The highest BCUT2D eigenvalue weighted by atomic mass is 14.6. The number of rotatable bonds is 4. The Kier molecular flexibility index (Phi) is 4.86. The molecule has 0 radical (unpaired) electrons. The first-order chi connectivity index (χ1) is 5.63. The number of hydrogen-bond donors (Lipinski definition) is 1. The van der Waals surface area contributed by atoms with Crippen LogP contribution in [0.25, 0.3) is 0 Å². The topological polar surface area (TPSA) is 26.0 Å². The van der Waals surface area contributed by atoms with Crippen LogP contribution in [0, 0.1) is 5.92 Å². The molecule has 0 rings (SSSR count). The maximum Gasteiger partial charge on any atom is 0.0201 e. The summed E-state index contributed by atoms with van der Waals surface area (Å²) in [5.74, 6) is 0.179. The molecule has 0 aromatic heterocycles. The van der Waals surface area contributed by atoms with E-state index in [1.54, 1.807) is 0 Å². The third-order valence-corrected chi connectivity index (χ3v) is 1.77. The number of allylic oxidation sites excluding steroid dienone is 5. The zero-order valence-electron chi connectivity index (χ0n) is 7.88. The lowest BCUT2D eigenvalue weighted by atomic mass is 9.98. The summed E-state index contributed by atoms with van der Waals surface area (Å²) in [4.78, 5) is 0. The van der Waals surface area contributed by atoms with Crippen molar-refractivity contribution in [3.63, 3.8) is 0 Å². The van der Waals surface area contributed by atoms with Crippen LogP contribution in [0.2, 0.25) is 0 Å². The molecule has 1 nitrogen and oxygen atoms in total. The Morgan fingerprint density at radius 3 is 2.42 bits per heavy atom. The van der Waals surface area contributed by atoms with E-state index < -0.39 is 0 Å². The van der Waals surface area contributed by atoms with Gasteiger partial charge in [-0.1, -0.05) is 44.4 Å². The Morgan fingerprint density at radius 2 is 2.08 bits per heavy atom. The molecule has 1 unspecified atom stereocenters. The van der Waals surface area contributed by atoms with E-state index >= 15 is 0 Å². The molecule has 0 amide bonds. The summed E-state index contributed by atoms with van der Waals surface area (Å²) >= 11 is 0. The largest absolute Gasteiger partial charge is 0.402 e. The van der Waals surface area contributed by atoms with E-state index in [4.69, 9.17) is 5.73 Å². The standard InChI is InChI=1S/C11H17N/c1-5-7-8-11(6-2)9(3)10(4)12/h5-9H,2,4,12H2,1,3H3/b7-5-,11-8+. The van der Waals surface area contributed by atoms with Crippen molar-refractivity contribution >= 4 is 0 Å². The Morgan fingerprint density at radius 1 is 1.50 bits per heavy atom. The summed E-state index contributed by atoms with van der Waals surface area (Å²) in [7, 11) is 0. The van der Waals surface area contributed by atoms with Crippen LogP contribution in [-0.2, 0) is 0 Å². The van der Waals surface area contributed by atoms with Crippen molar-refractivity contribution in [2.24, 2.45) is 11.7 Å². The Bertz CT molecular complexity index is 221. The maximum absolute atomic E-state index is 5.58. The lowest BCUT2D eigenvalue weighted by Crippen LogP contribution is -2.08. The van der Waals surface area contributed by atoms with Gasteiger partial charge in [-0.25, -0.2) is 0 Å². The van der Waals surface area contributed by atoms with Gasteiger partial charge in [0.2, 0.25) is 0 Å². The molecule has 0 bridgehead atoms. The minimum Gasteiger partial charge on any atom is -0.402 e. The lowest BCUT2D eigenvalue weighted by Gasteiger charge is -2.10. The van der Waals surface area contributed by atoms with Crippen LogP contribution in [-0.4, -0.2) is 0 Å². The van der Waals surface area contributed by atoms with E-state index in [-0.39, 0.29) is 5.92 Å². The molecule has 12 heavy (non-hydrogen) atoms. The highest BCUT2D eigenvalue weighted by Gasteiger charge is 2.04. The van der Waals surface area contributed by atoms with Crippen molar-refractivity contribution in [3.05, 3.63) is 48.7 Å². The molecule has 0 saturated carbocycles. The minimum atomic E-state index is 0.179. The predicted molar refractivity (Wildman–Crippen MR) is 55.6 cm³/mol. The van der Waals surface area contributed by atoms with Crippen molar-refractivity contribution in [2.75, 3.05) is 0 Å². The summed E-state index contributed by atoms with van der Waals surface area (Å²) in [6.45, 7) is 11.4. The highest BCUT2D eigenvalue weighted by Crippen LogP contribution is 2.15. The van der Waals surface area contributed by atoms with Gasteiger partial charge in [-0.05, 0) is 12.5 Å². The van der Waals surface area contributed by atoms with E-state index in [0.717, 1.165) is 5.57 Å². The molecule has 0 aliphatic heterocycles. The van der Waals surface area contributed by atoms with Gasteiger partial charge in [0.25, 0.3) is 0 Å². The maximum atomic E-state index is 5.58. The molecule has 66 valence electrons. The molecular weight excluding hydrogens is 146 g/mol. The van der Waals surface area contributed by atoms with Crippen LogP contribution in [0.15, 0.2) is 48.7 Å². The van der Waals surface area contributed by atoms with Gasteiger partial charge in [-0.15, -0.1) is 0 Å². The average molecular weight is 163 g/mol. The van der Waals surface area contributed by atoms with Gasteiger partial charge >= 0.3 is 0 Å². The first kappa shape index (κ1) is 10.8. The quantitative estimate of drug-likeness (QED) is 0.634. The van der Waals surface area contributed by atoms with Gasteiger partial charge in [0.15, 0.2) is 0 Å². The normalized spacial score (nSPS) is 14.7. The fourth-order valence-electron chi connectivity index (χ4n) is 0.811. The second-order valence-corrected chi connectivity index (χ2v) is 2.69. The first-order valence-corrected chi connectivity index (χ1v) is 4.03. The molecule has 0 fully saturated rings. The van der Waals surface area contributed by atoms with Crippen molar-refractivity contribution in [2.45, 2.75) is 13.8 Å². The van der Waals surface area contributed by atoms with Crippen LogP contribution in [0.1, 0.15) is 13.8 Å². The van der Waals surface area contributed by atoms with Crippen LogP contribution < -0.4 is 5.73 Å². The van der Waals surface area contributed by atoms with E-state index in [0.29, 0.717) is 5.70 Å². The Hall–Kier alpha value is -1.24. The summed E-state index contributed by atoms with van der Waals surface area (Å²) in [6.07, 6.45) is 7.74. The van der Waals surface area contributed by atoms with E-state index in [2.05, 4.69) is 13.2 Å². The van der Waals surface area contributed by atoms with Gasteiger partial charge in [-0.3, -0.25) is 0 Å². The van der Waals surface area contributed by atoms with Gasteiger partial charge in [0.05, 0.1) is 0 Å². The lowest BCUT2D eigenvalue weighted by molar-refractivity contribution is 0.814. The van der Waals surface area contributed by atoms with Crippen molar-refractivity contribution in [1.29, 1.82) is 0 Å². The Balaban J connectivity index is 4.54. The molecule has 1 heteroatoms. The van der Waals surface area contributed by atoms with Crippen LogP contribution in [0.5, 0.6) is 0 Å². The summed E-state index contributed by atoms with van der Waals surface area (Å²) in [6, 6.07) is 0. The number of hydrogen-bond acceptors (Lipinski definition) is 1. The fourth-order valence-corrected chi connectivity index (χ4v) is 0.811. The first-order valence-electron chi connectivity index (χ1n) is 4.03. The monoisotopic (exact) mass is 163 g/mol. The second-order valence-electron chi connectivity index (χ2n) is 2.69. The molecule has 0 aliphatic carbocycles. The smallest absolute Gasteiger partial charge is 0.0201 e. The zero-order chi connectivity index (χ0) is 9.56. The third-order valence-electron chi connectivity index (χ3n) is 1.77. The average Bonchev–Trinajstić information content (AvgIpc) is 2.05. The van der Waals surface area contributed by atoms with E-state index in [1.165, 1.54) is 0 Å². The Labute approximate surface area is 75.0 Å². The van der Waals surface area contributed by atoms with Crippen LogP contribution in [0.3, 0.4) is 0 Å². The molecule has 1 atom stereocenters. The molecule has 0 heterocycles. The highest BCUT2D eigenvalue weighted by molar-refractivity contribution is 5.28. The fraction of sp³-hybridized carbons (Fsp3) is 0.273. The molecule has 0 aromatic carbocycles. The number of nitrogens with two attached hydrogens (primary N) is 1. The molecule has 0 spiro atoms. The summed E-state index contributed by atoms with van der Waals surface area (Å²) < 4.78 is 0. The van der Waals surface area contributed by atoms with Gasteiger partial charge in [-0.2, -0.15) is 0 Å². The SMILES string of the molecule is C=C/C(=C\C=C/C)C(C)C(=C)N. The minimum absolute atomic E-state index is 0.179. The third kappa shape index (κ3) is 3.24. The molecular formula is C11H17N. The van der Waals surface area contributed by atoms with E-state index in [9.17, 15) is 0 Å². The molecule has 0 saturated heterocycles.